The molecule has 0 amide bonds. The number of aliphatic hydroxyl groups excluding tert-OH is 1. The van der Waals surface area contributed by atoms with Crippen molar-refractivity contribution in [1.29, 1.82) is 0 Å². The molecular formula is C10H9IOS2. The topological polar surface area (TPSA) is 20.2 Å². The average molecular weight is 336 g/mol. The van der Waals surface area contributed by atoms with Crippen molar-refractivity contribution in [2.45, 2.75) is 13.0 Å². The van der Waals surface area contributed by atoms with Gasteiger partial charge in [-0.2, -0.15) is 0 Å². The first kappa shape index (κ1) is 10.6. The molecule has 1 nitrogen and oxygen atoms in total. The van der Waals surface area contributed by atoms with Crippen LogP contribution >= 0.6 is 45.3 Å². The maximum Gasteiger partial charge on any atom is 0.123 e. The molecule has 0 fully saturated rings. The molecule has 4 heteroatoms. The Hall–Kier alpha value is 0.0900. The van der Waals surface area contributed by atoms with Gasteiger partial charge in [-0.1, -0.05) is 0 Å². The van der Waals surface area contributed by atoms with Gasteiger partial charge in [0.15, 0.2) is 0 Å². The Morgan fingerprint density at radius 1 is 1.36 bits per heavy atom. The summed E-state index contributed by atoms with van der Waals surface area (Å²) in [5, 5.41) is 12.1. The Kier molecular flexibility index (Phi) is 3.26. The van der Waals surface area contributed by atoms with Gasteiger partial charge < -0.3 is 5.11 Å². The number of thiophene rings is 2. The van der Waals surface area contributed by atoms with E-state index in [1.54, 1.807) is 22.7 Å². The highest BCUT2D eigenvalue weighted by atomic mass is 127. The van der Waals surface area contributed by atoms with Crippen molar-refractivity contribution in [3.8, 4) is 0 Å². The molecule has 0 spiro atoms. The van der Waals surface area contributed by atoms with Gasteiger partial charge >= 0.3 is 0 Å². The summed E-state index contributed by atoms with van der Waals surface area (Å²) < 4.78 is 1.14. The Labute approximate surface area is 105 Å². The molecule has 0 aliphatic heterocycles. The number of halogens is 1. The molecular weight excluding hydrogens is 327 g/mol. The first-order chi connectivity index (χ1) is 6.68. The van der Waals surface area contributed by atoms with Crippen molar-refractivity contribution in [2.75, 3.05) is 0 Å². The smallest absolute Gasteiger partial charge is 0.123 e. The Balaban J connectivity index is 2.33. The van der Waals surface area contributed by atoms with Crippen molar-refractivity contribution >= 4 is 45.3 Å². The third kappa shape index (κ3) is 2.03. The Morgan fingerprint density at radius 2 is 2.14 bits per heavy atom. The van der Waals surface area contributed by atoms with E-state index in [-0.39, 0.29) is 0 Å². The number of aryl methyl sites for hydroxylation is 1. The molecule has 14 heavy (non-hydrogen) atoms. The van der Waals surface area contributed by atoms with Gasteiger partial charge in [0.25, 0.3) is 0 Å². The summed E-state index contributed by atoms with van der Waals surface area (Å²) >= 11 is 5.53. The lowest BCUT2D eigenvalue weighted by molar-refractivity contribution is 0.227. The van der Waals surface area contributed by atoms with Crippen LogP contribution in [0.2, 0.25) is 0 Å². The van der Waals surface area contributed by atoms with Gasteiger partial charge in [0.2, 0.25) is 0 Å². The van der Waals surface area contributed by atoms with Crippen LogP contribution in [-0.4, -0.2) is 5.11 Å². The molecule has 0 aromatic carbocycles. The van der Waals surface area contributed by atoms with Crippen molar-refractivity contribution < 1.29 is 5.11 Å². The van der Waals surface area contributed by atoms with Crippen LogP contribution in [0, 0.1) is 10.5 Å². The second-order valence-corrected chi connectivity index (χ2v) is 6.41. The minimum absolute atomic E-state index is 0.444. The molecule has 0 aliphatic rings. The van der Waals surface area contributed by atoms with Gasteiger partial charge in [0.05, 0.1) is 4.88 Å². The molecule has 0 bridgehead atoms. The van der Waals surface area contributed by atoms with E-state index in [2.05, 4.69) is 29.5 Å². The van der Waals surface area contributed by atoms with Crippen LogP contribution < -0.4 is 0 Å². The number of hydrogen-bond donors (Lipinski definition) is 1. The fourth-order valence-corrected chi connectivity index (χ4v) is 4.07. The zero-order valence-electron chi connectivity index (χ0n) is 7.53. The maximum absolute atomic E-state index is 10.1. The van der Waals surface area contributed by atoms with Gasteiger partial charge in [0, 0.05) is 13.3 Å². The third-order valence-corrected chi connectivity index (χ3v) is 5.25. The summed E-state index contributed by atoms with van der Waals surface area (Å²) in [4.78, 5) is 3.32. The van der Waals surface area contributed by atoms with Gasteiger partial charge in [-0.15, -0.1) is 22.7 Å². The number of rotatable bonds is 2. The lowest BCUT2D eigenvalue weighted by Gasteiger charge is -2.06. The highest BCUT2D eigenvalue weighted by Crippen LogP contribution is 2.33. The van der Waals surface area contributed by atoms with E-state index < -0.39 is 6.10 Å². The Bertz CT molecular complexity index is 433. The summed E-state index contributed by atoms with van der Waals surface area (Å²) in [5.41, 5.74) is 0. The van der Waals surface area contributed by atoms with E-state index in [4.69, 9.17) is 0 Å². The highest BCUT2D eigenvalue weighted by molar-refractivity contribution is 14.1. The molecule has 2 aromatic heterocycles. The van der Waals surface area contributed by atoms with Crippen LogP contribution in [0.15, 0.2) is 23.6 Å². The lowest BCUT2D eigenvalue weighted by Crippen LogP contribution is -1.95. The molecule has 0 saturated carbocycles. The molecule has 2 rings (SSSR count). The van der Waals surface area contributed by atoms with Crippen LogP contribution in [0.3, 0.4) is 0 Å². The van der Waals surface area contributed by atoms with Crippen molar-refractivity contribution in [3.63, 3.8) is 0 Å². The monoisotopic (exact) mass is 336 g/mol. The van der Waals surface area contributed by atoms with Crippen LogP contribution in [0.4, 0.5) is 0 Å². The lowest BCUT2D eigenvalue weighted by atomic mass is 10.2. The normalized spacial score (nSPS) is 13.1. The predicted molar refractivity (Wildman–Crippen MR) is 70.2 cm³/mol. The van der Waals surface area contributed by atoms with Gasteiger partial charge in [-0.05, 0) is 53.1 Å². The first-order valence-corrected chi connectivity index (χ1v) is 6.93. The quantitative estimate of drug-likeness (QED) is 0.827. The van der Waals surface area contributed by atoms with Gasteiger partial charge in [0.1, 0.15) is 6.10 Å². The molecule has 1 N–H and O–H groups in total. The molecule has 0 radical (unpaired) electrons. The summed E-state index contributed by atoms with van der Waals surface area (Å²) in [6, 6.07) is 6.08. The molecule has 2 aromatic rings. The second kappa shape index (κ2) is 4.30. The average Bonchev–Trinajstić information content (AvgIpc) is 2.73. The fourth-order valence-electron chi connectivity index (χ4n) is 1.23. The van der Waals surface area contributed by atoms with Crippen LogP contribution in [0.1, 0.15) is 20.7 Å². The molecule has 0 saturated heterocycles. The minimum Gasteiger partial charge on any atom is -0.382 e. The molecule has 0 aliphatic carbocycles. The minimum atomic E-state index is -0.444. The Morgan fingerprint density at radius 3 is 2.64 bits per heavy atom. The summed E-state index contributed by atoms with van der Waals surface area (Å²) in [5.74, 6) is 0. The first-order valence-electron chi connectivity index (χ1n) is 4.16. The van der Waals surface area contributed by atoms with Gasteiger partial charge in [-0.25, -0.2) is 0 Å². The molecule has 1 unspecified atom stereocenters. The summed E-state index contributed by atoms with van der Waals surface area (Å²) in [7, 11) is 0. The van der Waals surface area contributed by atoms with Crippen molar-refractivity contribution in [3.05, 3.63) is 41.8 Å². The van der Waals surface area contributed by atoms with Crippen LogP contribution in [0.25, 0.3) is 0 Å². The zero-order chi connectivity index (χ0) is 10.1. The van der Waals surface area contributed by atoms with E-state index in [9.17, 15) is 5.11 Å². The van der Waals surface area contributed by atoms with Crippen molar-refractivity contribution in [1.82, 2.24) is 0 Å². The molecule has 2 heterocycles. The van der Waals surface area contributed by atoms with Crippen molar-refractivity contribution in [2.24, 2.45) is 0 Å². The maximum atomic E-state index is 10.1. The third-order valence-electron chi connectivity index (χ3n) is 1.92. The summed E-state index contributed by atoms with van der Waals surface area (Å²) in [6.45, 7) is 2.06. The van der Waals surface area contributed by atoms with Crippen LogP contribution in [0.5, 0.6) is 0 Å². The SMILES string of the molecule is Cc1ccc(C(O)c2sccc2I)s1. The predicted octanol–water partition coefficient (Wildman–Crippen LogP) is 3.80. The van der Waals surface area contributed by atoms with Gasteiger partial charge in [-0.3, -0.25) is 0 Å². The number of aliphatic hydroxyl groups is 1. The zero-order valence-corrected chi connectivity index (χ0v) is 11.3. The van der Waals surface area contributed by atoms with E-state index in [0.29, 0.717) is 0 Å². The van der Waals surface area contributed by atoms with E-state index >= 15 is 0 Å². The molecule has 1 atom stereocenters. The van der Waals surface area contributed by atoms with E-state index in [1.807, 2.05) is 23.6 Å². The largest absolute Gasteiger partial charge is 0.382 e. The number of hydrogen-bond acceptors (Lipinski definition) is 3. The van der Waals surface area contributed by atoms with E-state index in [0.717, 1.165) is 13.3 Å². The second-order valence-electron chi connectivity index (χ2n) is 2.98. The van der Waals surface area contributed by atoms with E-state index in [1.165, 1.54) is 4.88 Å². The fraction of sp³-hybridized carbons (Fsp3) is 0.200. The highest BCUT2D eigenvalue weighted by Gasteiger charge is 2.16. The summed E-state index contributed by atoms with van der Waals surface area (Å²) in [6.07, 6.45) is -0.444. The standard InChI is InChI=1S/C10H9IOS2/c1-6-2-3-8(14-6)9(12)10-7(11)4-5-13-10/h2-5,9,12H,1H3. The molecule has 74 valence electrons. The van der Waals surface area contributed by atoms with Crippen LogP contribution in [-0.2, 0) is 0 Å².